The van der Waals surface area contributed by atoms with Crippen molar-refractivity contribution in [1.82, 2.24) is 9.55 Å². The van der Waals surface area contributed by atoms with Gasteiger partial charge in [0, 0.05) is 0 Å². The summed E-state index contributed by atoms with van der Waals surface area (Å²) >= 11 is 0. The number of aliphatic carboxylic acids is 1. The number of nitrogens with zero attached hydrogens (tertiary/aromatic N) is 2. The van der Waals surface area contributed by atoms with Crippen molar-refractivity contribution in [2.45, 2.75) is 6.54 Å². The number of carboxylic acids is 1. The van der Waals surface area contributed by atoms with Gasteiger partial charge in [-0.3, -0.25) is 4.79 Å². The first-order valence-corrected chi connectivity index (χ1v) is 6.19. The Hall–Kier alpha value is -2.76. The summed E-state index contributed by atoms with van der Waals surface area (Å²) in [5.41, 5.74) is 0.670. The van der Waals surface area contributed by atoms with Crippen LogP contribution < -0.4 is 0 Å². The van der Waals surface area contributed by atoms with E-state index >= 15 is 0 Å². The predicted octanol–water partition coefficient (Wildman–Crippen LogP) is 3.07. The number of rotatable bonds is 3. The van der Waals surface area contributed by atoms with Gasteiger partial charge in [-0.2, -0.15) is 0 Å². The molecule has 0 bridgehead atoms. The van der Waals surface area contributed by atoms with Gasteiger partial charge in [0.1, 0.15) is 24.0 Å². The second kappa shape index (κ2) is 4.97. The van der Waals surface area contributed by atoms with Crippen LogP contribution in [-0.4, -0.2) is 20.6 Å². The molecule has 6 heteroatoms. The number of hydrogen-bond donors (Lipinski definition) is 1. The predicted molar refractivity (Wildman–Crippen MR) is 72.7 cm³/mol. The normalized spacial score (nSPS) is 11.0. The van der Waals surface area contributed by atoms with Crippen LogP contribution in [-0.2, 0) is 11.3 Å². The first-order chi connectivity index (χ1) is 10.1. The molecule has 3 aromatic rings. The second-order valence-corrected chi connectivity index (χ2v) is 4.50. The van der Waals surface area contributed by atoms with Gasteiger partial charge in [-0.1, -0.05) is 18.2 Å². The summed E-state index contributed by atoms with van der Waals surface area (Å²) < 4.78 is 29.2. The van der Waals surface area contributed by atoms with Crippen LogP contribution in [0.15, 0.2) is 42.5 Å². The minimum absolute atomic E-state index is 0.0331. The maximum atomic E-state index is 13.9. The lowest BCUT2D eigenvalue weighted by Gasteiger charge is -2.08. The second-order valence-electron chi connectivity index (χ2n) is 4.50. The van der Waals surface area contributed by atoms with Gasteiger partial charge < -0.3 is 9.67 Å². The van der Waals surface area contributed by atoms with E-state index in [1.165, 1.54) is 10.6 Å². The Morgan fingerprint density at radius 2 is 1.76 bits per heavy atom. The van der Waals surface area contributed by atoms with Crippen LogP contribution in [0.5, 0.6) is 0 Å². The molecule has 0 amide bonds. The van der Waals surface area contributed by atoms with E-state index in [-0.39, 0.29) is 11.4 Å². The van der Waals surface area contributed by atoms with Gasteiger partial charge in [0.2, 0.25) is 0 Å². The van der Waals surface area contributed by atoms with Crippen molar-refractivity contribution in [3.63, 3.8) is 0 Å². The molecule has 0 fully saturated rings. The van der Waals surface area contributed by atoms with Crippen LogP contribution in [0, 0.1) is 11.6 Å². The van der Waals surface area contributed by atoms with Crippen molar-refractivity contribution in [3.05, 3.63) is 54.1 Å². The average Bonchev–Trinajstić information content (AvgIpc) is 2.77. The molecule has 106 valence electrons. The monoisotopic (exact) mass is 288 g/mol. The summed E-state index contributed by atoms with van der Waals surface area (Å²) in [6.07, 6.45) is 0. The summed E-state index contributed by atoms with van der Waals surface area (Å²) in [5.74, 6) is -2.71. The van der Waals surface area contributed by atoms with E-state index in [2.05, 4.69) is 4.98 Å². The van der Waals surface area contributed by atoms with Gasteiger partial charge in [-0.05, 0) is 24.3 Å². The van der Waals surface area contributed by atoms with Crippen LogP contribution in [0.1, 0.15) is 0 Å². The van der Waals surface area contributed by atoms with Crippen LogP contribution >= 0.6 is 0 Å². The van der Waals surface area contributed by atoms with Crippen LogP contribution in [0.25, 0.3) is 22.4 Å². The Kier molecular flexibility index (Phi) is 3.13. The highest BCUT2D eigenvalue weighted by Gasteiger charge is 2.20. The highest BCUT2D eigenvalue weighted by atomic mass is 19.1. The molecule has 4 nitrogen and oxygen atoms in total. The minimum atomic E-state index is -1.11. The molecule has 0 spiro atoms. The smallest absolute Gasteiger partial charge is 0.323 e. The van der Waals surface area contributed by atoms with Crippen LogP contribution in [0.4, 0.5) is 8.78 Å². The van der Waals surface area contributed by atoms with E-state index in [0.29, 0.717) is 11.0 Å². The number of benzene rings is 2. The van der Waals surface area contributed by atoms with Crippen LogP contribution in [0.2, 0.25) is 0 Å². The lowest BCUT2D eigenvalue weighted by Crippen LogP contribution is -2.11. The molecule has 3 rings (SSSR count). The standard InChI is InChI=1S/C15H10F2N2O2/c16-9-4-3-5-10(17)14(9)15-18-11-6-1-2-7-12(11)19(15)8-13(20)21/h1-7H,8H2,(H,20,21). The van der Waals surface area contributed by atoms with E-state index in [9.17, 15) is 13.6 Å². The molecule has 0 saturated carbocycles. The van der Waals surface area contributed by atoms with E-state index in [1.54, 1.807) is 24.3 Å². The zero-order valence-corrected chi connectivity index (χ0v) is 10.8. The minimum Gasteiger partial charge on any atom is -0.480 e. The van der Waals surface area contributed by atoms with Crippen molar-refractivity contribution in [2.24, 2.45) is 0 Å². The van der Waals surface area contributed by atoms with Gasteiger partial charge in [-0.15, -0.1) is 0 Å². The fourth-order valence-corrected chi connectivity index (χ4v) is 2.27. The molecule has 0 unspecified atom stereocenters. The highest BCUT2D eigenvalue weighted by molar-refractivity contribution is 5.83. The molecule has 0 aliphatic carbocycles. The number of hydrogen-bond acceptors (Lipinski definition) is 2. The lowest BCUT2D eigenvalue weighted by atomic mass is 10.2. The summed E-state index contributed by atoms with van der Waals surface area (Å²) in [6.45, 7) is -0.427. The molecular formula is C15H10F2N2O2. The lowest BCUT2D eigenvalue weighted by molar-refractivity contribution is -0.137. The number of halogens is 2. The molecule has 1 N–H and O–H groups in total. The Morgan fingerprint density at radius 1 is 1.10 bits per heavy atom. The van der Waals surface area contributed by atoms with Gasteiger partial charge in [-0.25, -0.2) is 13.8 Å². The number of carboxylic acid groups (broad SMARTS) is 1. The first-order valence-electron chi connectivity index (χ1n) is 6.19. The quantitative estimate of drug-likeness (QED) is 0.806. The number of carbonyl (C=O) groups is 1. The van der Waals surface area contributed by atoms with Crippen molar-refractivity contribution in [3.8, 4) is 11.4 Å². The molecule has 1 heterocycles. The van der Waals surface area contributed by atoms with Crippen molar-refractivity contribution >= 4 is 17.0 Å². The SMILES string of the molecule is O=C(O)Cn1c(-c2c(F)cccc2F)nc2ccccc21. The molecule has 0 radical (unpaired) electrons. The van der Waals surface area contributed by atoms with E-state index in [1.807, 2.05) is 0 Å². The van der Waals surface area contributed by atoms with Crippen molar-refractivity contribution < 1.29 is 18.7 Å². The Balaban J connectivity index is 2.34. The largest absolute Gasteiger partial charge is 0.480 e. The van der Waals surface area contributed by atoms with E-state index in [0.717, 1.165) is 12.1 Å². The van der Waals surface area contributed by atoms with Crippen molar-refractivity contribution in [1.29, 1.82) is 0 Å². The maximum Gasteiger partial charge on any atom is 0.323 e. The van der Waals surface area contributed by atoms with Gasteiger partial charge >= 0.3 is 5.97 Å². The molecule has 0 aliphatic rings. The summed E-state index contributed by atoms with van der Waals surface area (Å²) in [6, 6.07) is 10.2. The van der Waals surface area contributed by atoms with Gasteiger partial charge in [0.15, 0.2) is 0 Å². The summed E-state index contributed by atoms with van der Waals surface area (Å²) in [7, 11) is 0. The Labute approximate surface area is 118 Å². The number of fused-ring (bicyclic) bond motifs is 1. The third-order valence-electron chi connectivity index (χ3n) is 3.13. The third-order valence-corrected chi connectivity index (χ3v) is 3.13. The number of aromatic nitrogens is 2. The van der Waals surface area contributed by atoms with Crippen LogP contribution in [0.3, 0.4) is 0 Å². The zero-order chi connectivity index (χ0) is 15.0. The highest BCUT2D eigenvalue weighted by Crippen LogP contribution is 2.28. The average molecular weight is 288 g/mol. The molecule has 0 aliphatic heterocycles. The van der Waals surface area contributed by atoms with Crippen molar-refractivity contribution in [2.75, 3.05) is 0 Å². The number of imidazole rings is 1. The van der Waals surface area contributed by atoms with Gasteiger partial charge in [0.05, 0.1) is 16.6 Å². The molecular weight excluding hydrogens is 278 g/mol. The third kappa shape index (κ3) is 2.24. The summed E-state index contributed by atoms with van der Waals surface area (Å²) in [5, 5.41) is 9.02. The summed E-state index contributed by atoms with van der Waals surface area (Å²) in [4.78, 5) is 15.2. The Bertz CT molecular complexity index is 823. The Morgan fingerprint density at radius 3 is 2.43 bits per heavy atom. The molecule has 1 aromatic heterocycles. The van der Waals surface area contributed by atoms with E-state index < -0.39 is 24.1 Å². The molecule has 21 heavy (non-hydrogen) atoms. The maximum absolute atomic E-state index is 13.9. The van der Waals surface area contributed by atoms with Gasteiger partial charge in [0.25, 0.3) is 0 Å². The molecule has 0 saturated heterocycles. The number of para-hydroxylation sites is 2. The zero-order valence-electron chi connectivity index (χ0n) is 10.8. The van der Waals surface area contributed by atoms with E-state index in [4.69, 9.17) is 5.11 Å². The fraction of sp³-hybridized carbons (Fsp3) is 0.0667. The molecule has 0 atom stereocenters. The first kappa shape index (κ1) is 13.2. The fourth-order valence-electron chi connectivity index (χ4n) is 2.27. The topological polar surface area (TPSA) is 55.1 Å². The molecule has 2 aromatic carbocycles.